The van der Waals surface area contributed by atoms with Crippen molar-refractivity contribution in [1.82, 2.24) is 14.8 Å². The standard InChI is InChI=1S/C20H24N4O3/c1-15-3-8-19(26)24(13-15)14-18(25)22-17-6-4-16(5-7-17)20(27)23-11-2-9-21-10-12-23/h3-8,13,21H,2,9-12,14H2,1H3,(H,22,25). The molecule has 1 aliphatic heterocycles. The largest absolute Gasteiger partial charge is 0.337 e. The van der Waals surface area contributed by atoms with Crippen LogP contribution in [0.4, 0.5) is 5.69 Å². The summed E-state index contributed by atoms with van der Waals surface area (Å²) in [6, 6.07) is 10.0. The Hall–Kier alpha value is -2.93. The number of nitrogens with zero attached hydrogens (tertiary/aromatic N) is 2. The zero-order valence-corrected chi connectivity index (χ0v) is 15.4. The summed E-state index contributed by atoms with van der Waals surface area (Å²) >= 11 is 0. The zero-order valence-electron chi connectivity index (χ0n) is 15.4. The lowest BCUT2D eigenvalue weighted by atomic mass is 10.1. The number of carbonyl (C=O) groups excluding carboxylic acids is 2. The first kappa shape index (κ1) is 18.8. The summed E-state index contributed by atoms with van der Waals surface area (Å²) in [4.78, 5) is 38.4. The van der Waals surface area contributed by atoms with Crippen LogP contribution < -0.4 is 16.2 Å². The molecule has 7 heteroatoms. The van der Waals surface area contributed by atoms with Crippen LogP contribution in [0.3, 0.4) is 0 Å². The van der Waals surface area contributed by atoms with Gasteiger partial charge in [-0.2, -0.15) is 0 Å². The van der Waals surface area contributed by atoms with Gasteiger partial charge in [-0.15, -0.1) is 0 Å². The molecular formula is C20H24N4O3. The number of aromatic nitrogens is 1. The van der Waals surface area contributed by atoms with Gasteiger partial charge in [-0.3, -0.25) is 14.4 Å². The molecule has 0 spiro atoms. The van der Waals surface area contributed by atoms with Crippen molar-refractivity contribution in [3.05, 3.63) is 64.1 Å². The van der Waals surface area contributed by atoms with Crippen molar-refractivity contribution >= 4 is 17.5 Å². The third-order valence-electron chi connectivity index (χ3n) is 4.49. The SMILES string of the molecule is Cc1ccc(=O)n(CC(=O)Nc2ccc(C(=O)N3CCCNCC3)cc2)c1. The highest BCUT2D eigenvalue weighted by Crippen LogP contribution is 2.12. The van der Waals surface area contributed by atoms with Crippen LogP contribution in [0.2, 0.25) is 0 Å². The van der Waals surface area contributed by atoms with Crippen LogP contribution in [-0.2, 0) is 11.3 Å². The van der Waals surface area contributed by atoms with Crippen LogP contribution in [0.1, 0.15) is 22.3 Å². The fourth-order valence-corrected chi connectivity index (χ4v) is 3.06. The lowest BCUT2D eigenvalue weighted by Crippen LogP contribution is -2.34. The zero-order chi connectivity index (χ0) is 19.2. The molecule has 2 heterocycles. The molecule has 0 unspecified atom stereocenters. The molecule has 3 rings (SSSR count). The van der Waals surface area contributed by atoms with Crippen LogP contribution in [0.25, 0.3) is 0 Å². The molecule has 0 atom stereocenters. The number of aryl methyl sites for hydroxylation is 1. The highest BCUT2D eigenvalue weighted by molar-refractivity contribution is 5.95. The van der Waals surface area contributed by atoms with Crippen LogP contribution >= 0.6 is 0 Å². The minimum Gasteiger partial charge on any atom is -0.337 e. The Bertz CT molecular complexity index is 866. The third-order valence-corrected chi connectivity index (χ3v) is 4.49. The molecule has 1 aliphatic rings. The highest BCUT2D eigenvalue weighted by Gasteiger charge is 2.17. The van der Waals surface area contributed by atoms with Gasteiger partial charge in [-0.1, -0.05) is 6.07 Å². The smallest absolute Gasteiger partial charge is 0.253 e. The van der Waals surface area contributed by atoms with Gasteiger partial charge in [-0.25, -0.2) is 0 Å². The van der Waals surface area contributed by atoms with E-state index >= 15 is 0 Å². The molecule has 142 valence electrons. The fraction of sp³-hybridized carbons (Fsp3) is 0.350. The summed E-state index contributed by atoms with van der Waals surface area (Å²) in [6.07, 6.45) is 2.60. The van der Waals surface area contributed by atoms with Gasteiger partial charge >= 0.3 is 0 Å². The van der Waals surface area contributed by atoms with E-state index in [1.165, 1.54) is 10.6 Å². The Morgan fingerprint density at radius 1 is 1.07 bits per heavy atom. The molecule has 2 N–H and O–H groups in total. The van der Waals surface area contributed by atoms with E-state index in [2.05, 4.69) is 10.6 Å². The highest BCUT2D eigenvalue weighted by atomic mass is 16.2. The number of anilines is 1. The summed E-state index contributed by atoms with van der Waals surface area (Å²) in [5.74, 6) is -0.289. The Kier molecular flexibility index (Phi) is 6.03. The van der Waals surface area contributed by atoms with Gasteiger partial charge in [0, 0.05) is 43.1 Å². The molecule has 2 aromatic rings. The van der Waals surface area contributed by atoms with Crippen LogP contribution in [-0.4, -0.2) is 47.5 Å². The summed E-state index contributed by atoms with van der Waals surface area (Å²) < 4.78 is 1.37. The first-order valence-electron chi connectivity index (χ1n) is 9.10. The maximum Gasteiger partial charge on any atom is 0.253 e. The van der Waals surface area contributed by atoms with Crippen molar-refractivity contribution in [2.45, 2.75) is 19.9 Å². The number of hydrogen-bond acceptors (Lipinski definition) is 4. The fourth-order valence-electron chi connectivity index (χ4n) is 3.06. The second-order valence-electron chi connectivity index (χ2n) is 6.69. The van der Waals surface area contributed by atoms with Crippen LogP contribution in [0.5, 0.6) is 0 Å². The van der Waals surface area contributed by atoms with E-state index in [4.69, 9.17) is 0 Å². The van der Waals surface area contributed by atoms with E-state index in [9.17, 15) is 14.4 Å². The maximum atomic E-state index is 12.6. The molecule has 7 nitrogen and oxygen atoms in total. The van der Waals surface area contributed by atoms with Crippen molar-refractivity contribution in [2.75, 3.05) is 31.5 Å². The second-order valence-corrected chi connectivity index (χ2v) is 6.69. The first-order valence-corrected chi connectivity index (χ1v) is 9.10. The van der Waals surface area contributed by atoms with Crippen molar-refractivity contribution in [3.8, 4) is 0 Å². The Morgan fingerprint density at radius 3 is 2.63 bits per heavy atom. The van der Waals surface area contributed by atoms with E-state index in [0.717, 1.165) is 31.6 Å². The summed E-state index contributed by atoms with van der Waals surface area (Å²) in [5.41, 5.74) is 1.89. The van der Waals surface area contributed by atoms with Gasteiger partial charge in [0.15, 0.2) is 0 Å². The lowest BCUT2D eigenvalue weighted by molar-refractivity contribution is -0.116. The summed E-state index contributed by atoms with van der Waals surface area (Å²) in [7, 11) is 0. The number of nitrogens with one attached hydrogen (secondary N) is 2. The Balaban J connectivity index is 1.61. The van der Waals surface area contributed by atoms with E-state index in [-0.39, 0.29) is 23.9 Å². The molecular weight excluding hydrogens is 344 g/mol. The predicted octanol–water partition coefficient (Wildman–Crippen LogP) is 1.23. The lowest BCUT2D eigenvalue weighted by Gasteiger charge is -2.20. The van der Waals surface area contributed by atoms with Gasteiger partial charge in [0.1, 0.15) is 6.54 Å². The quantitative estimate of drug-likeness (QED) is 0.850. The third kappa shape index (κ3) is 5.04. The molecule has 2 amide bonds. The average molecular weight is 368 g/mol. The molecule has 0 saturated carbocycles. The van der Waals surface area contributed by atoms with Crippen molar-refractivity contribution in [1.29, 1.82) is 0 Å². The van der Waals surface area contributed by atoms with Crippen LogP contribution in [0.15, 0.2) is 47.4 Å². The molecule has 1 aromatic carbocycles. The van der Waals surface area contributed by atoms with Gasteiger partial charge < -0.3 is 20.1 Å². The molecule has 27 heavy (non-hydrogen) atoms. The molecule has 0 aliphatic carbocycles. The maximum absolute atomic E-state index is 12.6. The molecule has 0 bridgehead atoms. The van der Waals surface area contributed by atoms with Gasteiger partial charge in [0.25, 0.3) is 11.5 Å². The van der Waals surface area contributed by atoms with Gasteiger partial charge in [0.2, 0.25) is 5.91 Å². The van der Waals surface area contributed by atoms with Gasteiger partial charge in [0.05, 0.1) is 0 Å². The monoisotopic (exact) mass is 368 g/mol. The Morgan fingerprint density at radius 2 is 1.85 bits per heavy atom. The normalized spacial score (nSPS) is 14.5. The van der Waals surface area contributed by atoms with E-state index in [1.807, 2.05) is 11.8 Å². The number of hydrogen-bond donors (Lipinski definition) is 2. The molecule has 0 radical (unpaired) electrons. The number of pyridine rings is 1. The summed E-state index contributed by atoms with van der Waals surface area (Å²) in [6.45, 7) is 4.99. The number of benzene rings is 1. The number of carbonyl (C=O) groups is 2. The van der Waals surface area contributed by atoms with E-state index in [1.54, 1.807) is 36.5 Å². The topological polar surface area (TPSA) is 83.4 Å². The molecule has 1 fully saturated rings. The van der Waals surface area contributed by atoms with Crippen molar-refractivity contribution in [3.63, 3.8) is 0 Å². The first-order chi connectivity index (χ1) is 13.0. The van der Waals surface area contributed by atoms with Gasteiger partial charge in [-0.05, 0) is 49.7 Å². The molecule has 1 saturated heterocycles. The summed E-state index contributed by atoms with van der Waals surface area (Å²) in [5, 5.41) is 6.04. The number of rotatable bonds is 4. The minimum absolute atomic E-state index is 0.00268. The second kappa shape index (κ2) is 8.64. The van der Waals surface area contributed by atoms with Crippen molar-refractivity contribution < 1.29 is 9.59 Å². The van der Waals surface area contributed by atoms with Crippen LogP contribution in [0, 0.1) is 6.92 Å². The number of amides is 2. The van der Waals surface area contributed by atoms with E-state index in [0.29, 0.717) is 17.8 Å². The molecule has 1 aromatic heterocycles. The predicted molar refractivity (Wildman–Crippen MR) is 104 cm³/mol. The van der Waals surface area contributed by atoms with E-state index < -0.39 is 0 Å². The van der Waals surface area contributed by atoms with Crippen molar-refractivity contribution in [2.24, 2.45) is 0 Å². The Labute approximate surface area is 158 Å². The average Bonchev–Trinajstić information content (AvgIpc) is 2.94. The minimum atomic E-state index is -0.291.